The molecule has 0 atom stereocenters. The van der Waals surface area contributed by atoms with Gasteiger partial charge in [0.25, 0.3) is 0 Å². The van der Waals surface area contributed by atoms with E-state index in [0.29, 0.717) is 0 Å². The first-order chi connectivity index (χ1) is 0. The molecule has 0 aromatic carbocycles. The van der Waals surface area contributed by atoms with Gasteiger partial charge in [-0.3, -0.25) is 0 Å². The standard InChI is InChI=1S/17Li.H2S.17H/h;;;;;;;;;;;;;;;;;1H2;;;;;;;;;;;;;;;;;/q17*+1;;17*-1. The molecule has 18 heteroatoms. The van der Waals surface area contributed by atoms with E-state index < -0.39 is 0 Å². The van der Waals surface area contributed by atoms with Gasteiger partial charge in [0, 0.05) is 0 Å². The molecule has 0 saturated heterocycles. The van der Waals surface area contributed by atoms with Gasteiger partial charge in [-0.25, -0.2) is 0 Å². The van der Waals surface area contributed by atoms with E-state index in [1.165, 1.54) is 0 Å². The van der Waals surface area contributed by atoms with E-state index in [0.717, 1.165) is 0 Å². The molecule has 0 bridgehead atoms. The maximum atomic E-state index is 0. The Bertz CT molecular complexity index is 40.6. The number of rotatable bonds is 0. The average molecular weight is 169 g/mol. The van der Waals surface area contributed by atoms with E-state index in [1.54, 1.807) is 0 Å². The van der Waals surface area contributed by atoms with Gasteiger partial charge >= 0.3 is 321 Å². The number of hydrogen-bond acceptors (Lipinski definition) is 0. The quantitative estimate of drug-likeness (QED) is 0.316. The molecular weight excluding hydrogens is 150 g/mol. The van der Waals surface area contributed by atoms with Gasteiger partial charge in [-0.1, -0.05) is 0 Å². The molecule has 0 aromatic rings. The first kappa shape index (κ1) is 195. The van der Waals surface area contributed by atoms with E-state index >= 15 is 0 Å². The summed E-state index contributed by atoms with van der Waals surface area (Å²) in [4.78, 5) is 0. The summed E-state index contributed by atoms with van der Waals surface area (Å²) >= 11 is 0. The molecule has 0 N–H and O–H groups in total. The summed E-state index contributed by atoms with van der Waals surface area (Å²) in [5, 5.41) is 0. The van der Waals surface area contributed by atoms with Crippen molar-refractivity contribution in [3.63, 3.8) is 0 Å². The van der Waals surface area contributed by atoms with Crippen molar-refractivity contribution in [3.8, 4) is 0 Å². The van der Waals surface area contributed by atoms with Gasteiger partial charge in [0.05, 0.1) is 0 Å². The Morgan fingerprint density at radius 1 is 0.167 bits per heavy atom. The van der Waals surface area contributed by atoms with Gasteiger partial charge < -0.3 is 24.3 Å². The molecule has 18 heavy (non-hydrogen) atoms. The fourth-order valence-corrected chi connectivity index (χ4v) is 0. The van der Waals surface area contributed by atoms with Gasteiger partial charge in [-0.15, -0.1) is 0 Å². The molecule has 0 radical (unpaired) electrons. The zero-order chi connectivity index (χ0) is 0. The Morgan fingerprint density at radius 2 is 0.167 bits per heavy atom. The fourth-order valence-electron chi connectivity index (χ4n) is 0. The van der Waals surface area contributed by atoms with Gasteiger partial charge in [-0.05, 0) is 0 Å². The molecule has 0 spiro atoms. The van der Waals surface area contributed by atoms with Crippen LogP contribution in [0.15, 0.2) is 0 Å². The Balaban J connectivity index is 0. The van der Waals surface area contributed by atoms with E-state index in [2.05, 4.69) is 0 Å². The Kier molecular flexibility index (Phi) is 1900. The molecule has 0 nitrogen and oxygen atoms in total. The van der Waals surface area contributed by atoms with E-state index in [1.807, 2.05) is 0 Å². The Labute approximate surface area is 351 Å². The minimum Gasteiger partial charge on any atom is -1.00 e. The zero-order valence-corrected chi connectivity index (χ0v) is 18.5. The van der Waals surface area contributed by atoms with Crippen LogP contribution in [0, 0.1) is 0 Å². The monoisotopic (exact) mass is 170 g/mol. The molecule has 0 unspecified atom stereocenters. The summed E-state index contributed by atoms with van der Waals surface area (Å²) in [5.74, 6) is 0. The van der Waals surface area contributed by atoms with E-state index in [4.69, 9.17) is 0 Å². The summed E-state index contributed by atoms with van der Waals surface area (Å²) in [7, 11) is 0. The van der Waals surface area contributed by atoms with Crippen LogP contribution >= 0.6 is 13.5 Å². The van der Waals surface area contributed by atoms with Crippen molar-refractivity contribution in [1.29, 1.82) is 0 Å². The van der Waals surface area contributed by atoms with E-state index in [9.17, 15) is 0 Å². The fraction of sp³-hybridized carbons (Fsp3) is 0. The largest absolute Gasteiger partial charge is 1.00 e. The first-order valence-corrected chi connectivity index (χ1v) is 0. The third-order valence-electron chi connectivity index (χ3n) is 0. The summed E-state index contributed by atoms with van der Waals surface area (Å²) in [6.45, 7) is 0. The van der Waals surface area contributed by atoms with Crippen LogP contribution < -0.4 is 321 Å². The molecule has 0 aliphatic rings. The third kappa shape index (κ3) is 156. The number of hydrogen-bond donors (Lipinski definition) is 0. The van der Waals surface area contributed by atoms with Crippen LogP contribution in [-0.4, -0.2) is 0 Å². The molecule has 0 heterocycles. The maximum Gasteiger partial charge on any atom is 1.00 e. The van der Waals surface area contributed by atoms with E-state index in [-0.39, 0.29) is 358 Å². The molecule has 42 valence electrons. The topological polar surface area (TPSA) is 0 Å². The maximum absolute atomic E-state index is 0. The molecule has 0 aromatic heterocycles. The van der Waals surface area contributed by atoms with Crippen LogP contribution in [-0.2, 0) is 0 Å². The molecule has 0 saturated carbocycles. The summed E-state index contributed by atoms with van der Waals surface area (Å²) in [6, 6.07) is 0. The Morgan fingerprint density at radius 3 is 0.167 bits per heavy atom. The summed E-state index contributed by atoms with van der Waals surface area (Å²) in [6.07, 6.45) is 0. The van der Waals surface area contributed by atoms with Crippen molar-refractivity contribution in [2.24, 2.45) is 0 Å². The minimum absolute atomic E-state index is 0. The van der Waals surface area contributed by atoms with Crippen molar-refractivity contribution in [1.82, 2.24) is 0 Å². The van der Waals surface area contributed by atoms with Gasteiger partial charge in [0.15, 0.2) is 0 Å². The predicted molar refractivity (Wildman–Crippen MR) is 29.3 cm³/mol. The second-order valence-corrected chi connectivity index (χ2v) is 0. The normalized spacial score (nSPS) is 0. The molecule has 0 aliphatic carbocycles. The van der Waals surface area contributed by atoms with Gasteiger partial charge in [0.1, 0.15) is 0 Å². The summed E-state index contributed by atoms with van der Waals surface area (Å²) < 4.78 is 0. The smallest absolute Gasteiger partial charge is 1.00 e. The van der Waals surface area contributed by atoms with Crippen LogP contribution in [0.4, 0.5) is 0 Å². The molecule has 0 rings (SSSR count). The zero-order valence-electron chi connectivity index (χ0n) is 34.5. The van der Waals surface area contributed by atoms with Crippen molar-refractivity contribution < 1.29 is 345 Å². The third-order valence-corrected chi connectivity index (χ3v) is 0. The van der Waals surface area contributed by atoms with Crippen LogP contribution in [0.5, 0.6) is 0 Å². The van der Waals surface area contributed by atoms with Gasteiger partial charge in [-0.2, -0.15) is 13.5 Å². The predicted octanol–water partition coefficient (Wildman–Crippen LogP) is -48.9. The summed E-state index contributed by atoms with van der Waals surface area (Å²) in [5.41, 5.74) is 0. The average Bonchev–Trinajstić information content (AvgIpc) is 0. The van der Waals surface area contributed by atoms with Crippen molar-refractivity contribution in [2.75, 3.05) is 0 Å². The Hall–Kier alpha value is 10.5. The van der Waals surface area contributed by atoms with Crippen LogP contribution in [0.2, 0.25) is 0 Å². The van der Waals surface area contributed by atoms with Gasteiger partial charge in [0.2, 0.25) is 0 Å². The minimum atomic E-state index is 0. The molecule has 0 fully saturated rings. The second-order valence-electron chi connectivity index (χ2n) is 0. The molecular formula is H19Li17S. The van der Waals surface area contributed by atoms with Crippen LogP contribution in [0.25, 0.3) is 0 Å². The van der Waals surface area contributed by atoms with Crippen molar-refractivity contribution in [3.05, 3.63) is 0 Å². The van der Waals surface area contributed by atoms with Crippen molar-refractivity contribution >= 4 is 13.5 Å². The van der Waals surface area contributed by atoms with Crippen LogP contribution in [0.3, 0.4) is 0 Å². The van der Waals surface area contributed by atoms with Crippen molar-refractivity contribution in [2.45, 2.75) is 0 Å². The SMILES string of the molecule is S.[H-].[H-].[H-].[H-].[H-].[H-].[H-].[H-].[H-].[H-].[H-].[H-].[H-].[H-].[H-].[H-].[H-].[Li+].[Li+].[Li+].[Li+].[Li+].[Li+].[Li+].[Li+].[Li+].[Li+].[Li+].[Li+].[Li+].[Li+].[Li+].[Li+].[Li+]. The second kappa shape index (κ2) is 175. The molecule has 0 aliphatic heterocycles. The molecule has 0 amide bonds. The van der Waals surface area contributed by atoms with Crippen LogP contribution in [0.1, 0.15) is 24.3 Å². The first-order valence-electron chi connectivity index (χ1n) is 0.